The molecule has 0 aliphatic rings. The average molecular weight is 251 g/mol. The van der Waals surface area contributed by atoms with Crippen molar-refractivity contribution in [1.29, 1.82) is 0 Å². The first kappa shape index (κ1) is 14.9. The van der Waals surface area contributed by atoms with Crippen LogP contribution in [-0.2, 0) is 0 Å². The molecule has 0 bridgehead atoms. The van der Waals surface area contributed by atoms with E-state index >= 15 is 0 Å². The predicted molar refractivity (Wildman–Crippen MR) is 75.9 cm³/mol. The van der Waals surface area contributed by atoms with Gasteiger partial charge in [0.15, 0.2) is 0 Å². The summed E-state index contributed by atoms with van der Waals surface area (Å²) in [6, 6.07) is 4.40. The quantitative estimate of drug-likeness (QED) is 0.741. The number of anilines is 1. The lowest BCUT2D eigenvalue weighted by Gasteiger charge is -2.24. The van der Waals surface area contributed by atoms with E-state index in [-0.39, 0.29) is 12.6 Å². The lowest BCUT2D eigenvalue weighted by atomic mass is 10.2. The van der Waals surface area contributed by atoms with E-state index < -0.39 is 0 Å². The van der Waals surface area contributed by atoms with Crippen LogP contribution >= 0.6 is 0 Å². The molecule has 1 rings (SSSR count). The predicted octanol–water partition coefficient (Wildman–Crippen LogP) is 1.96. The first-order valence-corrected chi connectivity index (χ1v) is 6.72. The number of pyridine rings is 1. The van der Waals surface area contributed by atoms with Crippen molar-refractivity contribution < 1.29 is 5.11 Å². The number of hydrogen-bond acceptors (Lipinski definition) is 4. The minimum absolute atomic E-state index is 0.179. The minimum Gasteiger partial charge on any atom is -0.395 e. The van der Waals surface area contributed by atoms with Crippen molar-refractivity contribution in [2.45, 2.75) is 32.7 Å². The second-order valence-electron chi connectivity index (χ2n) is 4.52. The molecule has 1 aromatic heterocycles. The molecule has 2 N–H and O–H groups in total. The van der Waals surface area contributed by atoms with Crippen molar-refractivity contribution in [3.8, 4) is 0 Å². The Bertz CT molecular complexity index is 326. The van der Waals surface area contributed by atoms with E-state index in [1.54, 1.807) is 0 Å². The van der Waals surface area contributed by atoms with Crippen molar-refractivity contribution in [2.24, 2.45) is 0 Å². The molecular formula is C14H25N3O. The van der Waals surface area contributed by atoms with Crippen LogP contribution in [0.5, 0.6) is 0 Å². The molecule has 0 fully saturated rings. The van der Waals surface area contributed by atoms with E-state index in [9.17, 15) is 0 Å². The third-order valence-electron chi connectivity index (χ3n) is 3.16. The number of aliphatic hydroxyl groups is 1. The summed E-state index contributed by atoms with van der Waals surface area (Å²) in [4.78, 5) is 6.66. The molecule has 1 heterocycles. The summed E-state index contributed by atoms with van der Waals surface area (Å²) >= 11 is 0. The van der Waals surface area contributed by atoms with Crippen LogP contribution in [0, 0.1) is 0 Å². The lowest BCUT2D eigenvalue weighted by molar-refractivity contribution is 0.301. The summed E-state index contributed by atoms with van der Waals surface area (Å²) in [5.74, 6) is 0. The van der Waals surface area contributed by atoms with Crippen LogP contribution in [0.3, 0.4) is 0 Å². The highest BCUT2D eigenvalue weighted by Crippen LogP contribution is 2.16. The van der Waals surface area contributed by atoms with Crippen LogP contribution in [0.2, 0.25) is 0 Å². The number of nitrogens with zero attached hydrogens (tertiary/aromatic N) is 2. The van der Waals surface area contributed by atoms with Crippen LogP contribution < -0.4 is 10.2 Å². The molecule has 0 saturated carbocycles. The van der Waals surface area contributed by atoms with Gasteiger partial charge in [-0.1, -0.05) is 13.3 Å². The van der Waals surface area contributed by atoms with Crippen molar-refractivity contribution in [3.05, 3.63) is 24.0 Å². The minimum atomic E-state index is 0.179. The van der Waals surface area contributed by atoms with Gasteiger partial charge in [-0.3, -0.25) is 4.98 Å². The van der Waals surface area contributed by atoms with E-state index in [0.29, 0.717) is 6.54 Å². The van der Waals surface area contributed by atoms with Crippen molar-refractivity contribution in [1.82, 2.24) is 10.3 Å². The average Bonchev–Trinajstić information content (AvgIpc) is 2.43. The fraction of sp³-hybridized carbons (Fsp3) is 0.643. The number of aromatic nitrogens is 1. The monoisotopic (exact) mass is 251 g/mol. The number of hydrogen-bond donors (Lipinski definition) is 2. The maximum absolute atomic E-state index is 9.11. The van der Waals surface area contributed by atoms with Gasteiger partial charge in [-0.25, -0.2) is 0 Å². The molecule has 0 amide bonds. The SMILES string of the molecule is CCCCN(CCO)c1ccc(C(C)NC)nc1. The van der Waals surface area contributed by atoms with Crippen molar-refractivity contribution in [2.75, 3.05) is 31.6 Å². The Hall–Kier alpha value is -1.13. The van der Waals surface area contributed by atoms with Gasteiger partial charge < -0.3 is 15.3 Å². The molecule has 1 aromatic rings. The maximum Gasteiger partial charge on any atom is 0.0606 e. The largest absolute Gasteiger partial charge is 0.395 e. The summed E-state index contributed by atoms with van der Waals surface area (Å²) in [6.45, 7) is 6.08. The van der Waals surface area contributed by atoms with Crippen LogP contribution in [0.25, 0.3) is 0 Å². The molecule has 4 heteroatoms. The van der Waals surface area contributed by atoms with Crippen LogP contribution in [0.15, 0.2) is 18.3 Å². The van der Waals surface area contributed by atoms with Crippen molar-refractivity contribution >= 4 is 5.69 Å². The van der Waals surface area contributed by atoms with Gasteiger partial charge in [-0.2, -0.15) is 0 Å². The third-order valence-corrected chi connectivity index (χ3v) is 3.16. The molecule has 0 aliphatic heterocycles. The fourth-order valence-corrected chi connectivity index (χ4v) is 1.83. The highest BCUT2D eigenvalue weighted by molar-refractivity contribution is 5.44. The van der Waals surface area contributed by atoms with E-state index in [2.05, 4.69) is 35.1 Å². The standard InChI is InChI=1S/C14H25N3O/c1-4-5-8-17(9-10-18)13-6-7-14(16-11-13)12(2)15-3/h6-7,11-12,15,18H,4-5,8-10H2,1-3H3. The molecule has 4 nitrogen and oxygen atoms in total. The molecule has 1 unspecified atom stereocenters. The third kappa shape index (κ3) is 4.27. The summed E-state index contributed by atoms with van der Waals surface area (Å²) in [7, 11) is 1.93. The van der Waals surface area contributed by atoms with Gasteiger partial charge in [0, 0.05) is 19.1 Å². The van der Waals surface area contributed by atoms with Gasteiger partial charge in [0.25, 0.3) is 0 Å². The molecule has 102 valence electrons. The van der Waals surface area contributed by atoms with Gasteiger partial charge >= 0.3 is 0 Å². The van der Waals surface area contributed by atoms with E-state index in [4.69, 9.17) is 5.11 Å². The Morgan fingerprint density at radius 1 is 1.39 bits per heavy atom. The highest BCUT2D eigenvalue weighted by Gasteiger charge is 2.08. The number of rotatable bonds is 8. The topological polar surface area (TPSA) is 48.4 Å². The number of nitrogens with one attached hydrogen (secondary N) is 1. The maximum atomic E-state index is 9.11. The van der Waals surface area contributed by atoms with Crippen LogP contribution in [0.4, 0.5) is 5.69 Å². The fourth-order valence-electron chi connectivity index (χ4n) is 1.83. The zero-order valence-corrected chi connectivity index (χ0v) is 11.7. The normalized spacial score (nSPS) is 12.4. The van der Waals surface area contributed by atoms with Gasteiger partial charge in [-0.15, -0.1) is 0 Å². The highest BCUT2D eigenvalue weighted by atomic mass is 16.3. The first-order chi connectivity index (χ1) is 8.72. The van der Waals surface area contributed by atoms with Gasteiger partial charge in [0.05, 0.1) is 24.2 Å². The van der Waals surface area contributed by atoms with Crippen molar-refractivity contribution in [3.63, 3.8) is 0 Å². The summed E-state index contributed by atoms with van der Waals surface area (Å²) < 4.78 is 0. The Kier molecular flexibility index (Phi) is 6.68. The molecule has 18 heavy (non-hydrogen) atoms. The first-order valence-electron chi connectivity index (χ1n) is 6.72. The summed E-state index contributed by atoms with van der Waals surface area (Å²) in [5, 5.41) is 12.3. The Balaban J connectivity index is 2.73. The van der Waals surface area contributed by atoms with Gasteiger partial charge in [0.2, 0.25) is 0 Å². The molecular weight excluding hydrogens is 226 g/mol. The second-order valence-corrected chi connectivity index (χ2v) is 4.52. The molecule has 0 aromatic carbocycles. The van der Waals surface area contributed by atoms with E-state index in [1.165, 1.54) is 0 Å². The number of unbranched alkanes of at least 4 members (excludes halogenated alkanes) is 1. The number of aliphatic hydroxyl groups excluding tert-OH is 1. The molecule has 0 aliphatic carbocycles. The van der Waals surface area contributed by atoms with E-state index in [0.717, 1.165) is 30.8 Å². The van der Waals surface area contributed by atoms with E-state index in [1.807, 2.05) is 19.3 Å². The van der Waals surface area contributed by atoms with Crippen LogP contribution in [0.1, 0.15) is 38.4 Å². The van der Waals surface area contributed by atoms with Gasteiger partial charge in [-0.05, 0) is 32.5 Å². The zero-order valence-electron chi connectivity index (χ0n) is 11.7. The Morgan fingerprint density at radius 2 is 2.17 bits per heavy atom. The van der Waals surface area contributed by atoms with Crippen LogP contribution in [-0.4, -0.2) is 36.8 Å². The molecule has 0 saturated heterocycles. The lowest BCUT2D eigenvalue weighted by Crippen LogP contribution is -2.28. The summed E-state index contributed by atoms with van der Waals surface area (Å²) in [5.41, 5.74) is 2.13. The zero-order chi connectivity index (χ0) is 13.4. The molecule has 0 spiro atoms. The summed E-state index contributed by atoms with van der Waals surface area (Å²) in [6.07, 6.45) is 4.19. The molecule has 1 atom stereocenters. The smallest absolute Gasteiger partial charge is 0.0606 e. The Labute approximate surface area is 110 Å². The molecule has 0 radical (unpaired) electrons. The van der Waals surface area contributed by atoms with Gasteiger partial charge in [0.1, 0.15) is 0 Å². The second kappa shape index (κ2) is 8.06. The Morgan fingerprint density at radius 3 is 2.67 bits per heavy atom.